The van der Waals surface area contributed by atoms with Crippen LogP contribution >= 0.6 is 0 Å². The van der Waals surface area contributed by atoms with Crippen LogP contribution in [0.3, 0.4) is 0 Å². The summed E-state index contributed by atoms with van der Waals surface area (Å²) in [6, 6.07) is 20.6. The Kier molecular flexibility index (Phi) is 3.77. The van der Waals surface area contributed by atoms with Crippen molar-refractivity contribution < 1.29 is 0 Å². The summed E-state index contributed by atoms with van der Waals surface area (Å²) in [7, 11) is 0. The monoisotopic (exact) mass is 222 g/mol. The summed E-state index contributed by atoms with van der Waals surface area (Å²) in [5.41, 5.74) is 3.45. The summed E-state index contributed by atoms with van der Waals surface area (Å²) < 4.78 is 0. The van der Waals surface area contributed by atoms with E-state index < -0.39 is 0 Å². The summed E-state index contributed by atoms with van der Waals surface area (Å²) in [6.45, 7) is 0.689. The molecule has 2 rings (SSSR count). The van der Waals surface area contributed by atoms with Crippen LogP contribution in [0, 0.1) is 11.3 Å². The van der Waals surface area contributed by atoms with Crippen molar-refractivity contribution in [2.75, 3.05) is 11.9 Å². The summed E-state index contributed by atoms with van der Waals surface area (Å²) in [4.78, 5) is 0. The molecular formula is C15H14N2. The molecule has 0 unspecified atom stereocenters. The smallest absolute Gasteiger partial charge is 0.0640 e. The van der Waals surface area contributed by atoms with Crippen LogP contribution < -0.4 is 5.32 Å². The van der Waals surface area contributed by atoms with Crippen LogP contribution in [0.25, 0.3) is 11.1 Å². The normalized spacial score (nSPS) is 9.59. The van der Waals surface area contributed by atoms with E-state index in [1.54, 1.807) is 0 Å². The Bertz CT molecular complexity index is 512. The lowest BCUT2D eigenvalue weighted by Gasteiger charge is -2.07. The van der Waals surface area contributed by atoms with Gasteiger partial charge >= 0.3 is 0 Å². The summed E-state index contributed by atoms with van der Waals surface area (Å²) >= 11 is 0. The molecule has 0 fully saturated rings. The second-order valence-corrected chi connectivity index (χ2v) is 3.78. The SMILES string of the molecule is N#CCCNc1cccc(-c2ccccc2)c1. The number of nitrogens with zero attached hydrogens (tertiary/aromatic N) is 1. The highest BCUT2D eigenvalue weighted by Crippen LogP contribution is 2.22. The Morgan fingerprint density at radius 2 is 1.71 bits per heavy atom. The average Bonchev–Trinajstić information content (AvgIpc) is 2.41. The third-order valence-corrected chi connectivity index (χ3v) is 2.54. The molecule has 0 aliphatic carbocycles. The highest BCUT2D eigenvalue weighted by atomic mass is 14.9. The van der Waals surface area contributed by atoms with E-state index in [0.29, 0.717) is 13.0 Å². The molecule has 0 spiro atoms. The van der Waals surface area contributed by atoms with Crippen LogP contribution in [0.2, 0.25) is 0 Å². The van der Waals surface area contributed by atoms with Crippen molar-refractivity contribution >= 4 is 5.69 Å². The third kappa shape index (κ3) is 3.09. The zero-order valence-electron chi connectivity index (χ0n) is 9.56. The van der Waals surface area contributed by atoms with Crippen LogP contribution in [-0.4, -0.2) is 6.54 Å². The van der Waals surface area contributed by atoms with E-state index in [1.165, 1.54) is 11.1 Å². The van der Waals surface area contributed by atoms with E-state index in [9.17, 15) is 0 Å². The topological polar surface area (TPSA) is 35.8 Å². The highest BCUT2D eigenvalue weighted by Gasteiger charge is 1.97. The second-order valence-electron chi connectivity index (χ2n) is 3.78. The molecule has 2 heteroatoms. The molecule has 2 nitrogen and oxygen atoms in total. The summed E-state index contributed by atoms with van der Waals surface area (Å²) in [5.74, 6) is 0. The number of hydrogen-bond donors (Lipinski definition) is 1. The lowest BCUT2D eigenvalue weighted by Crippen LogP contribution is -1.99. The van der Waals surface area contributed by atoms with Gasteiger partial charge in [-0.1, -0.05) is 42.5 Å². The van der Waals surface area contributed by atoms with Crippen molar-refractivity contribution in [2.24, 2.45) is 0 Å². The second kappa shape index (κ2) is 5.72. The molecule has 0 amide bonds. The van der Waals surface area contributed by atoms with Gasteiger partial charge in [0.25, 0.3) is 0 Å². The molecule has 17 heavy (non-hydrogen) atoms. The maximum Gasteiger partial charge on any atom is 0.0640 e. The van der Waals surface area contributed by atoms with E-state index in [1.807, 2.05) is 30.3 Å². The Morgan fingerprint density at radius 1 is 0.941 bits per heavy atom. The van der Waals surface area contributed by atoms with E-state index >= 15 is 0 Å². The molecule has 0 saturated carbocycles. The summed E-state index contributed by atoms with van der Waals surface area (Å²) in [5, 5.41) is 11.7. The number of anilines is 1. The standard InChI is InChI=1S/C15H14N2/c16-10-5-11-17-15-9-4-8-14(12-15)13-6-2-1-3-7-13/h1-4,6-9,12,17H,5,11H2. The van der Waals surface area contributed by atoms with Gasteiger partial charge in [0.15, 0.2) is 0 Å². The average molecular weight is 222 g/mol. The van der Waals surface area contributed by atoms with E-state index in [0.717, 1.165) is 5.69 Å². The van der Waals surface area contributed by atoms with Crippen molar-refractivity contribution in [3.63, 3.8) is 0 Å². The van der Waals surface area contributed by atoms with Crippen LogP contribution in [0.15, 0.2) is 54.6 Å². The number of nitriles is 1. The largest absolute Gasteiger partial charge is 0.384 e. The van der Waals surface area contributed by atoms with E-state index in [2.05, 4.69) is 35.7 Å². The first-order valence-corrected chi connectivity index (χ1v) is 5.66. The molecule has 0 atom stereocenters. The predicted molar refractivity (Wildman–Crippen MR) is 70.6 cm³/mol. The maximum atomic E-state index is 8.49. The first-order valence-electron chi connectivity index (χ1n) is 5.66. The predicted octanol–water partition coefficient (Wildman–Crippen LogP) is 3.68. The zero-order valence-corrected chi connectivity index (χ0v) is 9.56. The van der Waals surface area contributed by atoms with Gasteiger partial charge in [-0.05, 0) is 23.3 Å². The van der Waals surface area contributed by atoms with Crippen molar-refractivity contribution in [3.05, 3.63) is 54.6 Å². The van der Waals surface area contributed by atoms with E-state index in [4.69, 9.17) is 5.26 Å². The van der Waals surface area contributed by atoms with Gasteiger partial charge < -0.3 is 5.32 Å². The quantitative estimate of drug-likeness (QED) is 0.801. The molecule has 0 radical (unpaired) electrons. The molecule has 0 heterocycles. The lowest BCUT2D eigenvalue weighted by atomic mass is 10.1. The fraction of sp³-hybridized carbons (Fsp3) is 0.133. The minimum absolute atomic E-state index is 0.523. The van der Waals surface area contributed by atoms with Crippen molar-refractivity contribution in [2.45, 2.75) is 6.42 Å². The van der Waals surface area contributed by atoms with Crippen LogP contribution in [0.1, 0.15) is 6.42 Å². The van der Waals surface area contributed by atoms with Crippen LogP contribution in [0.5, 0.6) is 0 Å². The zero-order chi connectivity index (χ0) is 11.9. The molecule has 0 aromatic heterocycles. The van der Waals surface area contributed by atoms with Gasteiger partial charge in [0.2, 0.25) is 0 Å². The fourth-order valence-corrected chi connectivity index (χ4v) is 1.70. The van der Waals surface area contributed by atoms with Gasteiger partial charge in [0.05, 0.1) is 12.5 Å². The molecule has 0 aliphatic rings. The minimum Gasteiger partial charge on any atom is -0.384 e. The molecule has 1 N–H and O–H groups in total. The van der Waals surface area contributed by atoms with Crippen LogP contribution in [0.4, 0.5) is 5.69 Å². The molecule has 0 bridgehead atoms. The first kappa shape index (κ1) is 11.2. The van der Waals surface area contributed by atoms with Gasteiger partial charge in [0.1, 0.15) is 0 Å². The lowest BCUT2D eigenvalue weighted by molar-refractivity contribution is 1.08. The number of rotatable bonds is 4. The molecule has 2 aromatic rings. The highest BCUT2D eigenvalue weighted by molar-refractivity contribution is 5.67. The molecule has 2 aromatic carbocycles. The van der Waals surface area contributed by atoms with Crippen molar-refractivity contribution in [1.82, 2.24) is 0 Å². The Morgan fingerprint density at radius 3 is 2.47 bits per heavy atom. The van der Waals surface area contributed by atoms with Gasteiger partial charge in [0, 0.05) is 12.2 Å². The third-order valence-electron chi connectivity index (χ3n) is 2.54. The van der Waals surface area contributed by atoms with Gasteiger partial charge in [-0.15, -0.1) is 0 Å². The Labute approximate surface area is 102 Å². The molecule has 0 saturated heterocycles. The Balaban J connectivity index is 2.15. The molecular weight excluding hydrogens is 208 g/mol. The van der Waals surface area contributed by atoms with Crippen molar-refractivity contribution in [3.8, 4) is 17.2 Å². The van der Waals surface area contributed by atoms with Crippen molar-refractivity contribution in [1.29, 1.82) is 5.26 Å². The van der Waals surface area contributed by atoms with Gasteiger partial charge in [-0.3, -0.25) is 0 Å². The fourth-order valence-electron chi connectivity index (χ4n) is 1.70. The molecule has 84 valence electrons. The maximum absolute atomic E-state index is 8.49. The minimum atomic E-state index is 0.523. The number of hydrogen-bond acceptors (Lipinski definition) is 2. The van der Waals surface area contributed by atoms with E-state index in [-0.39, 0.29) is 0 Å². The Hall–Kier alpha value is -2.27. The van der Waals surface area contributed by atoms with Gasteiger partial charge in [-0.25, -0.2) is 0 Å². The first-order chi connectivity index (χ1) is 8.40. The van der Waals surface area contributed by atoms with Crippen LogP contribution in [-0.2, 0) is 0 Å². The molecule has 0 aliphatic heterocycles. The number of benzene rings is 2. The summed E-state index contributed by atoms with van der Waals surface area (Å²) in [6.07, 6.45) is 0.523. The number of nitrogens with one attached hydrogen (secondary N) is 1. The van der Waals surface area contributed by atoms with Gasteiger partial charge in [-0.2, -0.15) is 5.26 Å².